The summed E-state index contributed by atoms with van der Waals surface area (Å²) in [6.45, 7) is 2.38. The number of amides is 1. The van der Waals surface area contributed by atoms with Crippen molar-refractivity contribution in [3.63, 3.8) is 0 Å². The Balaban J connectivity index is 1.59. The van der Waals surface area contributed by atoms with E-state index < -0.39 is 0 Å². The Morgan fingerprint density at radius 2 is 2.10 bits per heavy atom. The lowest BCUT2D eigenvalue weighted by Gasteiger charge is -2.22. The first kappa shape index (κ1) is 19.7. The normalized spacial score (nSPS) is 12.6. The van der Waals surface area contributed by atoms with E-state index in [1.165, 1.54) is 11.3 Å². The quantitative estimate of drug-likeness (QED) is 0.484. The van der Waals surface area contributed by atoms with Crippen LogP contribution in [0.5, 0.6) is 0 Å². The van der Waals surface area contributed by atoms with Crippen molar-refractivity contribution >= 4 is 39.1 Å². The summed E-state index contributed by atoms with van der Waals surface area (Å²) < 4.78 is 7.31. The summed E-state index contributed by atoms with van der Waals surface area (Å²) in [5.41, 5.74) is 1.66. The fourth-order valence-corrected chi connectivity index (χ4v) is 4.55. The minimum atomic E-state index is -0.116. The number of rotatable bonds is 6. The molecule has 0 radical (unpaired) electrons. The SMILES string of the molecule is Cc1nn(-c2ccccc2Cl)c2sc(C(=O)NCC(c3ccco3)N(C)C)cc12. The molecular formula is C21H21ClN4O2S. The molecule has 3 aromatic heterocycles. The number of carbonyl (C=O) groups excluding carboxylic acids is 1. The Morgan fingerprint density at radius 3 is 2.79 bits per heavy atom. The van der Waals surface area contributed by atoms with Crippen LogP contribution in [0, 0.1) is 6.92 Å². The highest BCUT2D eigenvalue weighted by atomic mass is 35.5. The van der Waals surface area contributed by atoms with Gasteiger partial charge >= 0.3 is 0 Å². The second-order valence-electron chi connectivity index (χ2n) is 6.98. The maximum atomic E-state index is 12.8. The fourth-order valence-electron chi connectivity index (χ4n) is 3.24. The summed E-state index contributed by atoms with van der Waals surface area (Å²) >= 11 is 7.76. The molecule has 1 aromatic carbocycles. The number of carbonyl (C=O) groups is 1. The molecule has 0 saturated carbocycles. The molecular weight excluding hydrogens is 408 g/mol. The third-order valence-electron chi connectivity index (χ3n) is 4.80. The van der Waals surface area contributed by atoms with Crippen LogP contribution >= 0.6 is 22.9 Å². The number of hydrogen-bond acceptors (Lipinski definition) is 5. The first-order valence-corrected chi connectivity index (χ1v) is 10.4. The Bertz CT molecular complexity index is 1150. The summed E-state index contributed by atoms with van der Waals surface area (Å²) in [5.74, 6) is 0.701. The van der Waals surface area contributed by atoms with Gasteiger partial charge in [-0.3, -0.25) is 9.69 Å². The minimum Gasteiger partial charge on any atom is -0.468 e. The van der Waals surface area contributed by atoms with Gasteiger partial charge in [0, 0.05) is 11.9 Å². The monoisotopic (exact) mass is 428 g/mol. The Hall–Kier alpha value is -2.61. The molecule has 0 bridgehead atoms. The van der Waals surface area contributed by atoms with Crippen LogP contribution in [0.1, 0.15) is 27.2 Å². The summed E-state index contributed by atoms with van der Waals surface area (Å²) in [7, 11) is 3.92. The number of para-hydroxylation sites is 1. The average Bonchev–Trinajstić information content (AvgIpc) is 3.41. The molecule has 0 aliphatic rings. The summed E-state index contributed by atoms with van der Waals surface area (Å²) in [6, 6.07) is 13.2. The lowest BCUT2D eigenvalue weighted by molar-refractivity contribution is 0.0943. The van der Waals surface area contributed by atoms with Crippen molar-refractivity contribution in [3.05, 3.63) is 70.1 Å². The van der Waals surface area contributed by atoms with Crippen LogP contribution < -0.4 is 5.32 Å². The predicted molar refractivity (Wildman–Crippen MR) is 116 cm³/mol. The number of halogens is 1. The van der Waals surface area contributed by atoms with Crippen molar-refractivity contribution in [2.45, 2.75) is 13.0 Å². The lowest BCUT2D eigenvalue weighted by atomic mass is 10.2. The van der Waals surface area contributed by atoms with Gasteiger partial charge in [0.15, 0.2) is 0 Å². The molecule has 0 fully saturated rings. The molecule has 6 nitrogen and oxygen atoms in total. The number of benzene rings is 1. The van der Waals surface area contributed by atoms with Gasteiger partial charge in [0.05, 0.1) is 33.6 Å². The highest BCUT2D eigenvalue weighted by Gasteiger charge is 2.21. The fraction of sp³-hybridized carbons (Fsp3) is 0.238. The molecule has 1 unspecified atom stereocenters. The number of aromatic nitrogens is 2. The molecule has 1 amide bonds. The van der Waals surface area contributed by atoms with E-state index in [0.717, 1.165) is 27.4 Å². The van der Waals surface area contributed by atoms with E-state index in [9.17, 15) is 4.79 Å². The van der Waals surface area contributed by atoms with Crippen LogP contribution in [0.2, 0.25) is 5.02 Å². The van der Waals surface area contributed by atoms with E-state index in [2.05, 4.69) is 10.4 Å². The van der Waals surface area contributed by atoms with Gasteiger partial charge in [0.2, 0.25) is 0 Å². The van der Waals surface area contributed by atoms with Gasteiger partial charge in [-0.2, -0.15) is 5.10 Å². The maximum absolute atomic E-state index is 12.8. The van der Waals surface area contributed by atoms with Gasteiger partial charge in [0.25, 0.3) is 5.91 Å². The largest absolute Gasteiger partial charge is 0.468 e. The van der Waals surface area contributed by atoms with E-state index in [1.54, 1.807) is 10.9 Å². The van der Waals surface area contributed by atoms with Crippen LogP contribution in [0.25, 0.3) is 15.9 Å². The van der Waals surface area contributed by atoms with Crippen molar-refractivity contribution < 1.29 is 9.21 Å². The topological polar surface area (TPSA) is 63.3 Å². The molecule has 1 atom stereocenters. The molecule has 4 rings (SSSR count). The van der Waals surface area contributed by atoms with Crippen LogP contribution in [-0.4, -0.2) is 41.2 Å². The number of likely N-dealkylation sites (N-methyl/N-ethyl adjacent to an activating group) is 1. The second-order valence-corrected chi connectivity index (χ2v) is 8.42. The first-order valence-electron chi connectivity index (χ1n) is 9.18. The number of nitrogens with zero attached hydrogens (tertiary/aromatic N) is 3. The molecule has 0 aliphatic heterocycles. The summed E-state index contributed by atoms with van der Waals surface area (Å²) in [4.78, 5) is 16.4. The average molecular weight is 429 g/mol. The van der Waals surface area contributed by atoms with E-state index in [4.69, 9.17) is 16.0 Å². The zero-order valence-corrected chi connectivity index (χ0v) is 17.9. The number of hydrogen-bond donors (Lipinski definition) is 1. The third-order valence-corrected chi connectivity index (χ3v) is 6.23. The summed E-state index contributed by atoms with van der Waals surface area (Å²) in [5, 5.41) is 9.20. The Kier molecular flexibility index (Phi) is 5.45. The highest BCUT2D eigenvalue weighted by Crippen LogP contribution is 2.32. The minimum absolute atomic E-state index is 0.0383. The maximum Gasteiger partial charge on any atom is 0.261 e. The van der Waals surface area contributed by atoms with E-state index in [1.807, 2.05) is 68.4 Å². The number of aryl methyl sites for hydroxylation is 1. The molecule has 0 aliphatic carbocycles. The van der Waals surface area contributed by atoms with Gasteiger partial charge in [-0.25, -0.2) is 4.68 Å². The van der Waals surface area contributed by atoms with Gasteiger partial charge in [0.1, 0.15) is 10.6 Å². The molecule has 8 heteroatoms. The number of fused-ring (bicyclic) bond motifs is 1. The Morgan fingerprint density at radius 1 is 1.31 bits per heavy atom. The summed E-state index contributed by atoms with van der Waals surface area (Å²) in [6.07, 6.45) is 1.64. The molecule has 4 aromatic rings. The smallest absolute Gasteiger partial charge is 0.261 e. The molecule has 0 saturated heterocycles. The Labute approximate surface area is 177 Å². The van der Waals surface area contributed by atoms with Gasteiger partial charge in [-0.05, 0) is 51.4 Å². The molecule has 0 spiro atoms. The molecule has 29 heavy (non-hydrogen) atoms. The van der Waals surface area contributed by atoms with Crippen molar-refractivity contribution in [2.75, 3.05) is 20.6 Å². The van der Waals surface area contributed by atoms with Crippen molar-refractivity contribution in [2.24, 2.45) is 0 Å². The van der Waals surface area contributed by atoms with Crippen LogP contribution in [0.15, 0.2) is 53.1 Å². The van der Waals surface area contributed by atoms with Crippen molar-refractivity contribution in [1.29, 1.82) is 0 Å². The first-order chi connectivity index (χ1) is 14.0. The molecule has 3 heterocycles. The van der Waals surface area contributed by atoms with Crippen LogP contribution in [0.4, 0.5) is 0 Å². The number of nitrogens with one attached hydrogen (secondary N) is 1. The standard InChI is InChI=1S/C21H21ClN4O2S/c1-13-14-11-19(20(27)23-12-17(25(2)3)18-9-6-10-28-18)29-21(14)26(24-13)16-8-5-4-7-15(16)22/h4-11,17H,12H2,1-3H3,(H,23,27). The van der Waals surface area contributed by atoms with E-state index in [0.29, 0.717) is 16.4 Å². The van der Waals surface area contributed by atoms with Crippen molar-refractivity contribution in [3.8, 4) is 5.69 Å². The zero-order valence-electron chi connectivity index (χ0n) is 16.3. The van der Waals surface area contributed by atoms with E-state index in [-0.39, 0.29) is 11.9 Å². The lowest BCUT2D eigenvalue weighted by Crippen LogP contribution is -2.34. The van der Waals surface area contributed by atoms with Gasteiger partial charge in [-0.1, -0.05) is 23.7 Å². The van der Waals surface area contributed by atoms with E-state index >= 15 is 0 Å². The number of thiophene rings is 1. The van der Waals surface area contributed by atoms with Gasteiger partial charge < -0.3 is 9.73 Å². The van der Waals surface area contributed by atoms with Crippen molar-refractivity contribution in [1.82, 2.24) is 20.0 Å². The molecule has 1 N–H and O–H groups in total. The zero-order chi connectivity index (χ0) is 20.5. The van der Waals surface area contributed by atoms with Gasteiger partial charge in [-0.15, -0.1) is 11.3 Å². The number of furan rings is 1. The van der Waals surface area contributed by atoms with Crippen LogP contribution in [0.3, 0.4) is 0 Å². The predicted octanol–water partition coefficient (Wildman–Crippen LogP) is 4.67. The molecule has 150 valence electrons. The van der Waals surface area contributed by atoms with Crippen LogP contribution in [-0.2, 0) is 0 Å². The highest BCUT2D eigenvalue weighted by molar-refractivity contribution is 7.20. The third kappa shape index (κ3) is 3.81. The second kappa shape index (κ2) is 8.02.